The zero-order chi connectivity index (χ0) is 12.5. The maximum atomic E-state index is 6.07. The van der Waals surface area contributed by atoms with E-state index in [1.165, 1.54) is 6.42 Å². The number of nitrogens with zero attached hydrogens (tertiary/aromatic N) is 3. The first-order valence-corrected chi connectivity index (χ1v) is 7.82. The van der Waals surface area contributed by atoms with E-state index in [-0.39, 0.29) is 0 Å². The second-order valence-corrected chi connectivity index (χ2v) is 5.91. The Morgan fingerprint density at radius 3 is 2.78 bits per heavy atom. The number of ether oxygens (including phenoxy) is 1. The van der Waals surface area contributed by atoms with Gasteiger partial charge in [-0.05, 0) is 25.5 Å². The summed E-state index contributed by atoms with van der Waals surface area (Å²) >= 11 is 7.63. The van der Waals surface area contributed by atoms with Crippen molar-refractivity contribution in [2.24, 2.45) is 0 Å². The molecular formula is C12H16ClN3OS. The van der Waals surface area contributed by atoms with Crippen molar-refractivity contribution in [1.82, 2.24) is 9.97 Å². The smallest absolute Gasteiger partial charge is 0.227 e. The molecule has 0 aromatic carbocycles. The van der Waals surface area contributed by atoms with Crippen molar-refractivity contribution < 1.29 is 4.74 Å². The number of halogens is 1. The highest BCUT2D eigenvalue weighted by Crippen LogP contribution is 2.32. The number of piperidine rings is 1. The van der Waals surface area contributed by atoms with Gasteiger partial charge in [0.15, 0.2) is 0 Å². The number of hydrogen-bond acceptors (Lipinski definition) is 5. The highest BCUT2D eigenvalue weighted by atomic mass is 35.5. The van der Waals surface area contributed by atoms with Crippen molar-refractivity contribution in [2.75, 3.05) is 24.4 Å². The fourth-order valence-corrected chi connectivity index (χ4v) is 3.51. The van der Waals surface area contributed by atoms with Gasteiger partial charge in [0.05, 0.1) is 36.5 Å². The molecule has 2 aliphatic rings. The molecule has 4 nitrogen and oxygen atoms in total. The van der Waals surface area contributed by atoms with Crippen LogP contribution in [0.3, 0.4) is 0 Å². The summed E-state index contributed by atoms with van der Waals surface area (Å²) in [7, 11) is 0. The lowest BCUT2D eigenvalue weighted by Gasteiger charge is -2.45. The molecule has 3 heterocycles. The van der Waals surface area contributed by atoms with Crippen LogP contribution in [0.15, 0.2) is 11.2 Å². The zero-order valence-electron chi connectivity index (χ0n) is 10.3. The monoisotopic (exact) mass is 285 g/mol. The van der Waals surface area contributed by atoms with E-state index in [0.29, 0.717) is 17.1 Å². The molecule has 2 saturated heterocycles. The Bertz CT molecular complexity index is 423. The first-order chi connectivity index (χ1) is 8.79. The van der Waals surface area contributed by atoms with Gasteiger partial charge in [0.2, 0.25) is 5.95 Å². The summed E-state index contributed by atoms with van der Waals surface area (Å²) in [5.74, 6) is 0.807. The Labute approximate surface area is 116 Å². The van der Waals surface area contributed by atoms with Crippen LogP contribution in [0.1, 0.15) is 19.3 Å². The number of anilines is 1. The molecule has 6 heteroatoms. The SMILES string of the molecule is CSc1nc(N2[C@@H]3CCC[C@H]2COC3)ncc1Cl. The molecule has 0 aliphatic carbocycles. The molecule has 1 aromatic rings. The van der Waals surface area contributed by atoms with E-state index in [2.05, 4.69) is 14.9 Å². The maximum Gasteiger partial charge on any atom is 0.227 e. The van der Waals surface area contributed by atoms with Crippen LogP contribution < -0.4 is 4.90 Å². The fourth-order valence-electron chi connectivity index (χ4n) is 2.77. The molecule has 98 valence electrons. The average molecular weight is 286 g/mol. The topological polar surface area (TPSA) is 38.2 Å². The van der Waals surface area contributed by atoms with Gasteiger partial charge in [0.25, 0.3) is 0 Å². The highest BCUT2D eigenvalue weighted by Gasteiger charge is 2.36. The summed E-state index contributed by atoms with van der Waals surface area (Å²) in [5, 5.41) is 1.48. The standard InChI is InChI=1S/C12H16ClN3OS/c1-18-11-10(13)5-14-12(15-11)16-8-3-2-4-9(16)7-17-6-8/h5,8-9H,2-4,6-7H2,1H3/t8-,9+. The van der Waals surface area contributed by atoms with Gasteiger partial charge in [-0.25, -0.2) is 9.97 Å². The van der Waals surface area contributed by atoms with Crippen LogP contribution in [0, 0.1) is 0 Å². The molecule has 2 atom stereocenters. The number of thioether (sulfide) groups is 1. The van der Waals surface area contributed by atoms with E-state index < -0.39 is 0 Å². The van der Waals surface area contributed by atoms with E-state index in [1.54, 1.807) is 18.0 Å². The molecule has 18 heavy (non-hydrogen) atoms. The summed E-state index contributed by atoms with van der Waals surface area (Å²) in [5.41, 5.74) is 0. The molecule has 2 fully saturated rings. The second kappa shape index (κ2) is 5.23. The third kappa shape index (κ3) is 2.19. The Hall–Kier alpha value is -0.520. The van der Waals surface area contributed by atoms with Crippen LogP contribution in [-0.4, -0.2) is 41.5 Å². The van der Waals surface area contributed by atoms with Crippen molar-refractivity contribution in [3.63, 3.8) is 0 Å². The predicted octanol–water partition coefficient (Wildman–Crippen LogP) is 2.61. The number of aromatic nitrogens is 2. The summed E-state index contributed by atoms with van der Waals surface area (Å²) < 4.78 is 5.64. The molecule has 0 N–H and O–H groups in total. The summed E-state index contributed by atoms with van der Waals surface area (Å²) in [6.07, 6.45) is 7.30. The molecule has 0 unspecified atom stereocenters. The third-order valence-electron chi connectivity index (χ3n) is 3.61. The van der Waals surface area contributed by atoms with Crippen LogP contribution in [-0.2, 0) is 4.74 Å². The van der Waals surface area contributed by atoms with Gasteiger partial charge in [-0.3, -0.25) is 0 Å². The average Bonchev–Trinajstić information content (AvgIpc) is 2.38. The zero-order valence-corrected chi connectivity index (χ0v) is 11.9. The first kappa shape index (κ1) is 12.5. The molecule has 3 rings (SSSR count). The fraction of sp³-hybridized carbons (Fsp3) is 0.667. The number of morpholine rings is 1. The van der Waals surface area contributed by atoms with Crippen molar-refractivity contribution in [3.8, 4) is 0 Å². The lowest BCUT2D eigenvalue weighted by molar-refractivity contribution is 0.0451. The lowest BCUT2D eigenvalue weighted by atomic mass is 9.95. The quantitative estimate of drug-likeness (QED) is 0.617. The van der Waals surface area contributed by atoms with Crippen molar-refractivity contribution in [2.45, 2.75) is 36.4 Å². The Morgan fingerprint density at radius 2 is 2.11 bits per heavy atom. The van der Waals surface area contributed by atoms with Crippen LogP contribution in [0.2, 0.25) is 5.02 Å². The minimum absolute atomic E-state index is 0.424. The summed E-state index contributed by atoms with van der Waals surface area (Å²) in [6.45, 7) is 1.58. The number of fused-ring (bicyclic) bond motifs is 2. The Balaban J connectivity index is 1.93. The first-order valence-electron chi connectivity index (χ1n) is 6.22. The summed E-state index contributed by atoms with van der Waals surface area (Å²) in [4.78, 5) is 11.3. The lowest BCUT2D eigenvalue weighted by Crippen LogP contribution is -2.55. The van der Waals surface area contributed by atoms with E-state index >= 15 is 0 Å². The van der Waals surface area contributed by atoms with E-state index in [4.69, 9.17) is 16.3 Å². The summed E-state index contributed by atoms with van der Waals surface area (Å²) in [6, 6.07) is 0.849. The van der Waals surface area contributed by atoms with E-state index in [1.807, 2.05) is 6.26 Å². The molecule has 2 bridgehead atoms. The minimum Gasteiger partial charge on any atom is -0.377 e. The Morgan fingerprint density at radius 1 is 1.39 bits per heavy atom. The van der Waals surface area contributed by atoms with Gasteiger partial charge in [-0.15, -0.1) is 11.8 Å². The number of rotatable bonds is 2. The maximum absolute atomic E-state index is 6.07. The minimum atomic E-state index is 0.424. The molecule has 0 amide bonds. The normalized spacial score (nSPS) is 27.3. The molecule has 0 saturated carbocycles. The van der Waals surface area contributed by atoms with Gasteiger partial charge in [0, 0.05) is 0 Å². The van der Waals surface area contributed by atoms with Gasteiger partial charge in [-0.1, -0.05) is 11.6 Å². The second-order valence-electron chi connectivity index (χ2n) is 4.71. The van der Waals surface area contributed by atoms with Gasteiger partial charge >= 0.3 is 0 Å². The third-order valence-corrected chi connectivity index (χ3v) is 4.69. The molecule has 1 aromatic heterocycles. The largest absolute Gasteiger partial charge is 0.377 e. The van der Waals surface area contributed by atoms with Crippen molar-refractivity contribution in [1.29, 1.82) is 0 Å². The molecular weight excluding hydrogens is 270 g/mol. The molecule has 2 aliphatic heterocycles. The predicted molar refractivity (Wildman–Crippen MR) is 73.5 cm³/mol. The Kier molecular flexibility index (Phi) is 3.63. The van der Waals surface area contributed by atoms with Crippen LogP contribution >= 0.6 is 23.4 Å². The van der Waals surface area contributed by atoms with Crippen molar-refractivity contribution in [3.05, 3.63) is 11.2 Å². The van der Waals surface area contributed by atoms with E-state index in [0.717, 1.165) is 37.0 Å². The van der Waals surface area contributed by atoms with Gasteiger partial charge in [0.1, 0.15) is 5.03 Å². The van der Waals surface area contributed by atoms with Crippen LogP contribution in [0.5, 0.6) is 0 Å². The van der Waals surface area contributed by atoms with Gasteiger partial charge in [-0.2, -0.15) is 0 Å². The molecule has 0 radical (unpaired) electrons. The van der Waals surface area contributed by atoms with Crippen LogP contribution in [0.4, 0.5) is 5.95 Å². The van der Waals surface area contributed by atoms with E-state index in [9.17, 15) is 0 Å². The van der Waals surface area contributed by atoms with Crippen LogP contribution in [0.25, 0.3) is 0 Å². The molecule has 0 spiro atoms. The number of hydrogen-bond donors (Lipinski definition) is 0. The highest BCUT2D eigenvalue weighted by molar-refractivity contribution is 7.98. The van der Waals surface area contributed by atoms with Crippen molar-refractivity contribution >= 4 is 29.3 Å². The van der Waals surface area contributed by atoms with Gasteiger partial charge < -0.3 is 9.64 Å².